The third-order valence-corrected chi connectivity index (χ3v) is 10.5. The van der Waals surface area contributed by atoms with Crippen LogP contribution in [0.5, 0.6) is 34.5 Å². The van der Waals surface area contributed by atoms with Gasteiger partial charge in [0.05, 0.1) is 84.6 Å². The van der Waals surface area contributed by atoms with E-state index in [1.807, 2.05) is 72.8 Å². The average Bonchev–Trinajstić information content (AvgIpc) is 3.45. The first kappa shape index (κ1) is 58.2. The van der Waals surface area contributed by atoms with E-state index in [-0.39, 0.29) is 31.5 Å². The maximum Gasteiger partial charge on any atom is 0.343 e. The fourth-order valence-electron chi connectivity index (χ4n) is 6.41. The van der Waals surface area contributed by atoms with Gasteiger partial charge in [-0.2, -0.15) is 0 Å². The molecule has 0 N–H and O–H groups in total. The number of alkyl halides is 1. The van der Waals surface area contributed by atoms with Gasteiger partial charge in [0.1, 0.15) is 60.9 Å². The van der Waals surface area contributed by atoms with Crippen LogP contribution in [0.25, 0.3) is 22.3 Å². The van der Waals surface area contributed by atoms with Crippen LogP contribution in [0.2, 0.25) is 0 Å². The van der Waals surface area contributed by atoms with Crippen molar-refractivity contribution in [1.82, 2.24) is 0 Å². The summed E-state index contributed by atoms with van der Waals surface area (Å²) in [7, 11) is 3.26. The van der Waals surface area contributed by atoms with Crippen molar-refractivity contribution in [2.45, 2.75) is 6.42 Å². The van der Waals surface area contributed by atoms with Gasteiger partial charge < -0.3 is 56.8 Å². The molecule has 0 saturated heterocycles. The Bertz CT molecular complexity index is 2600. The first-order valence-electron chi connectivity index (χ1n) is 23.9. The van der Waals surface area contributed by atoms with E-state index in [1.165, 1.54) is 0 Å². The van der Waals surface area contributed by atoms with E-state index in [0.717, 1.165) is 39.8 Å². The van der Waals surface area contributed by atoms with Crippen LogP contribution in [0.3, 0.4) is 0 Å². The highest BCUT2D eigenvalue weighted by atomic mass is 35.5. The number of carbonyl (C=O) groups excluding carboxylic acids is 4. The van der Waals surface area contributed by atoms with Gasteiger partial charge >= 0.3 is 23.9 Å². The van der Waals surface area contributed by atoms with Crippen molar-refractivity contribution in [3.63, 3.8) is 0 Å². The summed E-state index contributed by atoms with van der Waals surface area (Å²) in [5.41, 5.74) is 4.92. The molecule has 0 atom stereocenters. The Balaban J connectivity index is 0.000000277. The highest BCUT2D eigenvalue weighted by Gasteiger charge is 2.12. The van der Waals surface area contributed by atoms with Crippen molar-refractivity contribution in [1.29, 1.82) is 0 Å². The largest absolute Gasteiger partial charge is 0.497 e. The zero-order chi connectivity index (χ0) is 53.3. The van der Waals surface area contributed by atoms with Gasteiger partial charge in [0, 0.05) is 12.0 Å². The number of ether oxygens (including phenoxy) is 12. The van der Waals surface area contributed by atoms with E-state index >= 15 is 0 Å². The number of hydrogen-bond acceptors (Lipinski definition) is 16. The lowest BCUT2D eigenvalue weighted by atomic mass is 10.1. The van der Waals surface area contributed by atoms with Crippen LogP contribution in [0, 0.1) is 0 Å². The normalized spacial score (nSPS) is 10.5. The summed E-state index contributed by atoms with van der Waals surface area (Å²) in [6.45, 7) is 7.28. The van der Waals surface area contributed by atoms with Gasteiger partial charge in [-0.25, -0.2) is 14.4 Å². The van der Waals surface area contributed by atoms with Gasteiger partial charge in [-0.1, -0.05) is 55.1 Å². The van der Waals surface area contributed by atoms with E-state index < -0.39 is 17.9 Å². The minimum Gasteiger partial charge on any atom is -0.497 e. The van der Waals surface area contributed by atoms with Crippen LogP contribution in [0.4, 0.5) is 0 Å². The third kappa shape index (κ3) is 22.1. The molecule has 0 spiro atoms. The summed E-state index contributed by atoms with van der Waals surface area (Å²) in [5, 5.41) is 0. The van der Waals surface area contributed by atoms with E-state index in [2.05, 4.69) is 6.58 Å². The van der Waals surface area contributed by atoms with Crippen LogP contribution in [-0.4, -0.2) is 123 Å². The summed E-state index contributed by atoms with van der Waals surface area (Å²) < 4.78 is 63.8. The molecule has 16 nitrogen and oxygen atoms in total. The van der Waals surface area contributed by atoms with E-state index in [1.54, 1.807) is 87.0 Å². The maximum absolute atomic E-state index is 12.5. The SMILES string of the molecule is C=CC(=O)OCCOCCOCCOc1ccc(C(=O)Oc2ccc(-c3ccc(OC)cc3)cc2)cc1.COc1ccc(-c2ccc(OC(=O)c3ccc(OCCOCCOCCOC(=O)CCCl)cc3)cc2)cc1. The lowest BCUT2D eigenvalue weighted by Crippen LogP contribution is -2.14. The molecular formula is C58H61ClO16. The molecule has 0 aliphatic carbocycles. The first-order chi connectivity index (χ1) is 36.7. The van der Waals surface area contributed by atoms with Crippen molar-refractivity contribution in [3.05, 3.63) is 169 Å². The standard InChI is InChI=1S/C29H31ClO8.C29H30O8/c1-33-25-8-2-22(3-9-25)23-4-12-27(13-5-23)38-29(32)24-6-10-26(11-7-24)36-20-18-34-16-17-35-19-21-37-28(31)14-15-30;1-3-28(30)36-21-19-34-17-16-33-18-20-35-26-12-8-24(9-13-26)29(31)37-27-14-6-23(7-15-27)22-4-10-25(32-2)11-5-22/h2-13H,14-21H2,1H3;3-15H,1,16-21H2,2H3. The smallest absolute Gasteiger partial charge is 0.343 e. The lowest BCUT2D eigenvalue weighted by molar-refractivity contribution is -0.145. The van der Waals surface area contributed by atoms with Gasteiger partial charge in [-0.3, -0.25) is 4.79 Å². The van der Waals surface area contributed by atoms with Crippen LogP contribution in [0.1, 0.15) is 27.1 Å². The summed E-state index contributed by atoms with van der Waals surface area (Å²) in [6, 6.07) is 43.5. The topological polar surface area (TPSA) is 179 Å². The Morgan fingerprint density at radius 2 is 0.707 bits per heavy atom. The van der Waals surface area contributed by atoms with Crippen LogP contribution >= 0.6 is 11.6 Å². The van der Waals surface area contributed by atoms with Crippen molar-refractivity contribution in [2.24, 2.45) is 0 Å². The minimum atomic E-state index is -0.474. The highest BCUT2D eigenvalue weighted by molar-refractivity contribution is 6.18. The molecule has 75 heavy (non-hydrogen) atoms. The van der Waals surface area contributed by atoms with Gasteiger partial charge in [0.15, 0.2) is 0 Å². The summed E-state index contributed by atoms with van der Waals surface area (Å²) in [4.78, 5) is 47.0. The number of methoxy groups -OCH3 is 2. The molecule has 396 valence electrons. The second-order valence-electron chi connectivity index (χ2n) is 15.5. The van der Waals surface area contributed by atoms with Crippen molar-refractivity contribution >= 4 is 35.5 Å². The number of hydrogen-bond donors (Lipinski definition) is 0. The summed E-state index contributed by atoms with van der Waals surface area (Å²) >= 11 is 5.45. The Hall–Kier alpha value is -7.73. The number of esters is 4. The molecule has 0 bridgehead atoms. The number of halogens is 1. The number of carbonyl (C=O) groups is 4. The molecule has 0 aromatic heterocycles. The first-order valence-corrected chi connectivity index (χ1v) is 24.4. The van der Waals surface area contributed by atoms with Gasteiger partial charge in [-0.05, 0) is 119 Å². The number of benzene rings is 6. The van der Waals surface area contributed by atoms with Crippen molar-refractivity contribution in [3.8, 4) is 56.8 Å². The minimum absolute atomic E-state index is 0.175. The van der Waals surface area contributed by atoms with E-state index in [4.69, 9.17) is 68.4 Å². The fraction of sp³-hybridized carbons (Fsp3) is 0.276. The molecule has 0 heterocycles. The molecule has 0 radical (unpaired) electrons. The van der Waals surface area contributed by atoms with Crippen molar-refractivity contribution < 1.29 is 76.0 Å². The van der Waals surface area contributed by atoms with Crippen molar-refractivity contribution in [2.75, 3.05) is 99.4 Å². The molecule has 6 aromatic carbocycles. The number of rotatable bonds is 31. The molecular weight excluding hydrogens is 988 g/mol. The molecule has 0 amide bonds. The second kappa shape index (κ2) is 33.9. The average molecular weight is 1050 g/mol. The summed E-state index contributed by atoms with van der Waals surface area (Å²) in [5.74, 6) is 2.27. The predicted molar refractivity (Wildman–Crippen MR) is 281 cm³/mol. The zero-order valence-electron chi connectivity index (χ0n) is 42.0. The molecule has 0 unspecified atom stereocenters. The fourth-order valence-corrected chi connectivity index (χ4v) is 6.56. The third-order valence-electron chi connectivity index (χ3n) is 10.3. The predicted octanol–water partition coefficient (Wildman–Crippen LogP) is 9.89. The molecule has 6 aromatic rings. The Labute approximate surface area is 441 Å². The summed E-state index contributed by atoms with van der Waals surface area (Å²) in [6.07, 6.45) is 1.30. The van der Waals surface area contributed by atoms with E-state index in [9.17, 15) is 19.2 Å². The van der Waals surface area contributed by atoms with Gasteiger partial charge in [0.25, 0.3) is 0 Å². The quantitative estimate of drug-likeness (QED) is 0.0132. The maximum atomic E-state index is 12.5. The van der Waals surface area contributed by atoms with Crippen LogP contribution in [-0.2, 0) is 38.0 Å². The molecule has 0 aliphatic heterocycles. The molecule has 0 fully saturated rings. The molecule has 17 heteroatoms. The molecule has 0 aliphatic rings. The molecule has 6 rings (SSSR count). The Morgan fingerprint density at radius 1 is 0.400 bits per heavy atom. The highest BCUT2D eigenvalue weighted by Crippen LogP contribution is 2.27. The zero-order valence-corrected chi connectivity index (χ0v) is 42.7. The van der Waals surface area contributed by atoms with Gasteiger partial charge in [-0.15, -0.1) is 11.6 Å². The lowest BCUT2D eigenvalue weighted by Gasteiger charge is -2.09. The monoisotopic (exact) mass is 1050 g/mol. The van der Waals surface area contributed by atoms with Gasteiger partial charge in [0.2, 0.25) is 0 Å². The van der Waals surface area contributed by atoms with E-state index in [0.29, 0.717) is 100 Å². The second-order valence-corrected chi connectivity index (χ2v) is 15.9. The Morgan fingerprint density at radius 3 is 1.04 bits per heavy atom. The Kier molecular flexibility index (Phi) is 26.3. The molecule has 0 saturated carbocycles. The van der Waals surface area contributed by atoms with Crippen LogP contribution < -0.4 is 28.4 Å². The van der Waals surface area contributed by atoms with Crippen LogP contribution in [0.15, 0.2) is 158 Å².